The average molecular weight is 388 g/mol. The second-order valence-corrected chi connectivity index (χ2v) is 6.15. The molecule has 19 heavy (non-hydrogen) atoms. The summed E-state index contributed by atoms with van der Waals surface area (Å²) >= 11 is 7.09. The summed E-state index contributed by atoms with van der Waals surface area (Å²) < 4.78 is 19.7. The Hall–Kier alpha value is -0.870. The molecule has 1 unspecified atom stereocenters. The van der Waals surface area contributed by atoms with E-state index in [0.29, 0.717) is 0 Å². The van der Waals surface area contributed by atoms with Gasteiger partial charge >= 0.3 is 0 Å². The van der Waals surface area contributed by atoms with E-state index in [2.05, 4.69) is 37.9 Å². The highest BCUT2D eigenvalue weighted by atomic mass is 79.9. The lowest BCUT2D eigenvalue weighted by molar-refractivity contribution is 0.386. The van der Waals surface area contributed by atoms with Crippen LogP contribution in [0.25, 0.3) is 0 Å². The van der Waals surface area contributed by atoms with E-state index in [0.717, 1.165) is 21.2 Å². The minimum atomic E-state index is -0.351. The van der Waals surface area contributed by atoms with Gasteiger partial charge in [0.25, 0.3) is 0 Å². The Morgan fingerprint density at radius 1 is 1.11 bits per heavy atom. The van der Waals surface area contributed by atoms with Gasteiger partial charge in [0.05, 0.1) is 11.9 Å². The van der Waals surface area contributed by atoms with Crippen LogP contribution >= 0.6 is 31.9 Å². The zero-order valence-corrected chi connectivity index (χ0v) is 13.8. The van der Waals surface area contributed by atoms with Gasteiger partial charge in [-0.25, -0.2) is 4.39 Å². The second-order valence-electron chi connectivity index (χ2n) is 4.32. The SMILES string of the molecule is COc1ccc(C(Br)c2cc(C)cc(Br)c2)cc1F. The molecule has 0 radical (unpaired) electrons. The average Bonchev–Trinajstić information content (AvgIpc) is 2.36. The highest BCUT2D eigenvalue weighted by Crippen LogP contribution is 2.34. The van der Waals surface area contributed by atoms with E-state index >= 15 is 0 Å². The first-order valence-electron chi connectivity index (χ1n) is 5.76. The molecule has 100 valence electrons. The van der Waals surface area contributed by atoms with Gasteiger partial charge in [0.1, 0.15) is 0 Å². The van der Waals surface area contributed by atoms with E-state index in [1.165, 1.54) is 13.2 Å². The quantitative estimate of drug-likeness (QED) is 0.641. The van der Waals surface area contributed by atoms with Crippen molar-refractivity contribution in [1.82, 2.24) is 0 Å². The Balaban J connectivity index is 2.38. The molecule has 1 atom stereocenters. The van der Waals surface area contributed by atoms with Crippen molar-refractivity contribution >= 4 is 31.9 Å². The molecule has 4 heteroatoms. The van der Waals surface area contributed by atoms with Gasteiger partial charge in [-0.2, -0.15) is 0 Å². The molecule has 0 amide bonds. The van der Waals surface area contributed by atoms with Gasteiger partial charge in [-0.3, -0.25) is 0 Å². The van der Waals surface area contributed by atoms with Crippen molar-refractivity contribution in [2.75, 3.05) is 7.11 Å². The van der Waals surface area contributed by atoms with Crippen molar-refractivity contribution in [2.45, 2.75) is 11.8 Å². The second kappa shape index (κ2) is 6.06. The first-order valence-corrected chi connectivity index (χ1v) is 7.46. The normalized spacial score (nSPS) is 12.3. The molecular weight excluding hydrogens is 375 g/mol. The zero-order valence-electron chi connectivity index (χ0n) is 10.6. The number of aryl methyl sites for hydroxylation is 1. The third-order valence-electron chi connectivity index (χ3n) is 2.83. The van der Waals surface area contributed by atoms with E-state index in [1.54, 1.807) is 6.07 Å². The largest absolute Gasteiger partial charge is 0.494 e. The number of hydrogen-bond donors (Lipinski definition) is 0. The minimum absolute atomic E-state index is 0.0518. The standard InChI is InChI=1S/C15H13Br2FO/c1-9-5-11(7-12(16)6-9)15(17)10-3-4-14(19-2)13(18)8-10/h3-8,15H,1-2H3. The summed E-state index contributed by atoms with van der Waals surface area (Å²) in [4.78, 5) is -0.0518. The van der Waals surface area contributed by atoms with Gasteiger partial charge < -0.3 is 4.74 Å². The number of halogens is 3. The summed E-state index contributed by atoms with van der Waals surface area (Å²) in [6.45, 7) is 2.03. The predicted molar refractivity (Wildman–Crippen MR) is 82.6 cm³/mol. The Bertz CT molecular complexity index is 578. The van der Waals surface area contributed by atoms with Crippen LogP contribution in [0.15, 0.2) is 40.9 Å². The van der Waals surface area contributed by atoms with Crippen LogP contribution in [-0.4, -0.2) is 7.11 Å². The van der Waals surface area contributed by atoms with Crippen LogP contribution in [0.3, 0.4) is 0 Å². The fourth-order valence-electron chi connectivity index (χ4n) is 1.94. The monoisotopic (exact) mass is 386 g/mol. The summed E-state index contributed by atoms with van der Waals surface area (Å²) in [5.41, 5.74) is 3.09. The lowest BCUT2D eigenvalue weighted by Gasteiger charge is -2.13. The molecule has 0 aromatic heterocycles. The van der Waals surface area contributed by atoms with Crippen LogP contribution in [0.4, 0.5) is 4.39 Å². The van der Waals surface area contributed by atoms with Crippen molar-refractivity contribution in [2.24, 2.45) is 0 Å². The Morgan fingerprint density at radius 2 is 1.84 bits per heavy atom. The zero-order chi connectivity index (χ0) is 14.0. The van der Waals surface area contributed by atoms with Crippen molar-refractivity contribution < 1.29 is 9.13 Å². The minimum Gasteiger partial charge on any atom is -0.494 e. The fourth-order valence-corrected chi connectivity index (χ4v) is 3.12. The lowest BCUT2D eigenvalue weighted by atomic mass is 10.0. The maximum absolute atomic E-state index is 13.7. The van der Waals surface area contributed by atoms with E-state index < -0.39 is 0 Å². The number of benzene rings is 2. The van der Waals surface area contributed by atoms with Crippen LogP contribution in [0.2, 0.25) is 0 Å². The molecule has 0 fully saturated rings. The topological polar surface area (TPSA) is 9.23 Å². The molecule has 0 saturated carbocycles. The summed E-state index contributed by atoms with van der Waals surface area (Å²) in [6.07, 6.45) is 0. The van der Waals surface area contributed by atoms with E-state index in [1.807, 2.05) is 25.1 Å². The molecule has 1 nitrogen and oxygen atoms in total. The molecule has 0 N–H and O–H groups in total. The number of hydrogen-bond acceptors (Lipinski definition) is 1. The number of methoxy groups -OCH3 is 1. The molecule has 0 aliphatic rings. The molecule has 2 aromatic rings. The molecule has 0 aliphatic heterocycles. The summed E-state index contributed by atoms with van der Waals surface area (Å²) in [5.74, 6) is -0.0926. The van der Waals surface area contributed by atoms with Crippen molar-refractivity contribution in [3.8, 4) is 5.75 Å². The van der Waals surface area contributed by atoms with E-state index in [4.69, 9.17) is 4.74 Å². The highest BCUT2D eigenvalue weighted by Gasteiger charge is 2.14. The Morgan fingerprint density at radius 3 is 2.42 bits per heavy atom. The molecule has 0 bridgehead atoms. The number of alkyl halides is 1. The highest BCUT2D eigenvalue weighted by molar-refractivity contribution is 9.10. The maximum Gasteiger partial charge on any atom is 0.165 e. The third kappa shape index (κ3) is 3.37. The summed E-state index contributed by atoms with van der Waals surface area (Å²) in [6, 6.07) is 11.1. The maximum atomic E-state index is 13.7. The van der Waals surface area contributed by atoms with Crippen molar-refractivity contribution in [3.63, 3.8) is 0 Å². The molecule has 2 aromatic carbocycles. The van der Waals surface area contributed by atoms with Gasteiger partial charge in [0.15, 0.2) is 11.6 Å². The smallest absolute Gasteiger partial charge is 0.165 e. The molecule has 0 saturated heterocycles. The first-order chi connectivity index (χ1) is 9.01. The van der Waals surface area contributed by atoms with Crippen LogP contribution in [0, 0.1) is 12.7 Å². The van der Waals surface area contributed by atoms with Gasteiger partial charge in [-0.15, -0.1) is 0 Å². The summed E-state index contributed by atoms with van der Waals surface area (Å²) in [7, 11) is 1.46. The van der Waals surface area contributed by atoms with Crippen LogP contribution < -0.4 is 4.74 Å². The molecule has 0 spiro atoms. The van der Waals surface area contributed by atoms with E-state index in [-0.39, 0.29) is 16.4 Å². The Labute approximate surface area is 129 Å². The van der Waals surface area contributed by atoms with Crippen LogP contribution in [0.1, 0.15) is 21.5 Å². The van der Waals surface area contributed by atoms with E-state index in [9.17, 15) is 4.39 Å². The first kappa shape index (κ1) is 14.5. The van der Waals surface area contributed by atoms with Crippen molar-refractivity contribution in [1.29, 1.82) is 0 Å². The molecule has 0 heterocycles. The lowest BCUT2D eigenvalue weighted by Crippen LogP contribution is -1.96. The van der Waals surface area contributed by atoms with Crippen LogP contribution in [0.5, 0.6) is 5.75 Å². The van der Waals surface area contributed by atoms with Crippen molar-refractivity contribution in [3.05, 3.63) is 63.4 Å². The predicted octanol–water partition coefficient (Wildman–Crippen LogP) is 5.39. The van der Waals surface area contributed by atoms with Gasteiger partial charge in [-0.1, -0.05) is 44.0 Å². The fraction of sp³-hybridized carbons (Fsp3) is 0.200. The van der Waals surface area contributed by atoms with Gasteiger partial charge in [0.2, 0.25) is 0 Å². The third-order valence-corrected chi connectivity index (χ3v) is 4.34. The molecule has 0 aliphatic carbocycles. The summed E-state index contributed by atoms with van der Waals surface area (Å²) in [5, 5.41) is 0. The van der Waals surface area contributed by atoms with Crippen LogP contribution in [-0.2, 0) is 0 Å². The van der Waals surface area contributed by atoms with Gasteiger partial charge in [0, 0.05) is 4.47 Å². The Kier molecular flexibility index (Phi) is 4.63. The molecular formula is C15H13Br2FO. The number of rotatable bonds is 3. The van der Waals surface area contributed by atoms with Gasteiger partial charge in [-0.05, 0) is 47.9 Å². The number of ether oxygens (including phenoxy) is 1. The molecule has 2 rings (SSSR count).